The number of ether oxygens (including phenoxy) is 6. The van der Waals surface area contributed by atoms with E-state index < -0.39 is 48.7 Å². The molecule has 1 unspecified atom stereocenters. The first-order chi connectivity index (χ1) is 23.3. The second kappa shape index (κ2) is 17.0. The first-order valence-electron chi connectivity index (χ1n) is 15.4. The van der Waals surface area contributed by atoms with Crippen molar-refractivity contribution in [2.45, 2.75) is 63.6 Å². The molecule has 5 atom stereocenters. The minimum atomic E-state index is -5.00. The maximum Gasteiger partial charge on any atom is 0.468 e. The zero-order valence-corrected chi connectivity index (χ0v) is 26.2. The summed E-state index contributed by atoms with van der Waals surface area (Å²) in [5, 5.41) is 0. The average Bonchev–Trinajstić information content (AvgIpc) is 3.08. The number of aliphatic imine (C=N–C) groups is 1. The third-order valence-electron chi connectivity index (χ3n) is 7.31. The number of halogens is 3. The van der Waals surface area contributed by atoms with E-state index >= 15 is 0 Å². The molecule has 1 saturated heterocycles. The number of carbonyl (C=O) groups is 1. The number of benzene rings is 4. The molecule has 0 amide bonds. The number of esters is 1. The van der Waals surface area contributed by atoms with Gasteiger partial charge in [0.2, 0.25) is 6.29 Å². The fourth-order valence-electron chi connectivity index (χ4n) is 5.10. The Morgan fingerprint density at radius 3 is 1.65 bits per heavy atom. The van der Waals surface area contributed by atoms with Crippen molar-refractivity contribution < 1.29 is 46.4 Å². The zero-order valence-electron chi connectivity index (χ0n) is 26.2. The minimum Gasteiger partial charge on any atom is -0.457 e. The second-order valence-corrected chi connectivity index (χ2v) is 11.0. The fraction of sp³-hybridized carbons (Fsp3) is 0.297. The zero-order chi connectivity index (χ0) is 33.8. The summed E-state index contributed by atoms with van der Waals surface area (Å²) < 4.78 is 79.4. The Morgan fingerprint density at radius 1 is 0.667 bits per heavy atom. The number of hydrogen-bond acceptors (Lipinski definition) is 8. The van der Waals surface area contributed by atoms with Gasteiger partial charge in [0.25, 0.3) is 5.90 Å². The fourth-order valence-corrected chi connectivity index (χ4v) is 5.10. The van der Waals surface area contributed by atoms with Crippen molar-refractivity contribution in [3.8, 4) is 0 Å². The Labute approximate surface area is 277 Å². The summed E-state index contributed by atoms with van der Waals surface area (Å²) in [6.45, 7) is 1.29. The molecule has 0 bridgehead atoms. The van der Waals surface area contributed by atoms with Crippen LogP contribution in [0.5, 0.6) is 0 Å². The van der Waals surface area contributed by atoms with Gasteiger partial charge in [-0.25, -0.2) is 4.99 Å². The van der Waals surface area contributed by atoms with E-state index in [9.17, 15) is 18.0 Å². The van der Waals surface area contributed by atoms with Crippen LogP contribution in [0.15, 0.2) is 126 Å². The summed E-state index contributed by atoms with van der Waals surface area (Å²) in [5.74, 6) is -2.25. The smallest absolute Gasteiger partial charge is 0.457 e. The maximum absolute atomic E-state index is 14.4. The number of carbonyl (C=O) groups excluding carboxylic acids is 1. The highest BCUT2D eigenvalue weighted by molar-refractivity contribution is 5.84. The molecule has 0 saturated carbocycles. The molecular formula is C37H36F3NO7. The maximum atomic E-state index is 14.4. The van der Waals surface area contributed by atoms with Crippen molar-refractivity contribution >= 4 is 17.6 Å². The molecule has 1 aliphatic heterocycles. The van der Waals surface area contributed by atoms with Gasteiger partial charge >= 0.3 is 12.1 Å². The Hall–Kier alpha value is -4.55. The van der Waals surface area contributed by atoms with Crippen LogP contribution in [0.2, 0.25) is 0 Å². The highest BCUT2D eigenvalue weighted by Crippen LogP contribution is 2.33. The summed E-state index contributed by atoms with van der Waals surface area (Å²) in [5.41, 5.74) is 2.43. The van der Waals surface area contributed by atoms with Gasteiger partial charge in [0.1, 0.15) is 12.2 Å². The Balaban J connectivity index is 1.50. The predicted octanol–water partition coefficient (Wildman–Crippen LogP) is 7.34. The first-order valence-corrected chi connectivity index (χ1v) is 15.4. The van der Waals surface area contributed by atoms with Gasteiger partial charge in [-0.2, -0.15) is 13.2 Å². The molecule has 0 aliphatic carbocycles. The number of para-hydroxylation sites is 1. The second-order valence-electron chi connectivity index (χ2n) is 11.0. The minimum absolute atomic E-state index is 0.0192. The summed E-state index contributed by atoms with van der Waals surface area (Å²) in [6, 6.07) is 35.2. The highest BCUT2D eigenvalue weighted by Gasteiger charge is 2.53. The Bertz CT molecular complexity index is 1570. The van der Waals surface area contributed by atoms with E-state index in [4.69, 9.17) is 28.4 Å². The van der Waals surface area contributed by atoms with E-state index in [2.05, 4.69) is 4.99 Å². The van der Waals surface area contributed by atoms with Crippen LogP contribution in [0, 0.1) is 0 Å². The van der Waals surface area contributed by atoms with Gasteiger partial charge in [-0.15, -0.1) is 0 Å². The van der Waals surface area contributed by atoms with Crippen LogP contribution >= 0.6 is 0 Å². The molecule has 0 radical (unpaired) electrons. The standard InChI is InChI=1S/C37H36F3NO7/c1-26(42)46-33-32(44-23-28-16-8-3-9-17-28)31(25-43-22-27-14-6-2-7-15-27)47-35(34(33)45-24-29-18-10-4-11-19-29)48-36(37(38,39)40)41-30-20-12-5-13-21-30/h2-21,31-35H,22-25H2,1H3/t31-,32-,33+,34-,35?/m1/s1. The molecule has 1 fully saturated rings. The van der Waals surface area contributed by atoms with Gasteiger partial charge in [0, 0.05) is 6.92 Å². The van der Waals surface area contributed by atoms with E-state index in [1.165, 1.54) is 19.1 Å². The lowest BCUT2D eigenvalue weighted by Gasteiger charge is -2.45. The van der Waals surface area contributed by atoms with E-state index in [0.29, 0.717) is 0 Å². The summed E-state index contributed by atoms with van der Waals surface area (Å²) in [7, 11) is 0. The van der Waals surface area contributed by atoms with Crippen molar-refractivity contribution in [1.29, 1.82) is 0 Å². The molecule has 11 heteroatoms. The van der Waals surface area contributed by atoms with Gasteiger partial charge in [-0.3, -0.25) is 4.79 Å². The van der Waals surface area contributed by atoms with Gasteiger partial charge < -0.3 is 28.4 Å². The summed E-state index contributed by atoms with van der Waals surface area (Å²) in [6.07, 6.45) is -11.4. The van der Waals surface area contributed by atoms with Crippen LogP contribution in [0.25, 0.3) is 0 Å². The molecule has 252 valence electrons. The van der Waals surface area contributed by atoms with Crippen LogP contribution in [0.3, 0.4) is 0 Å². The SMILES string of the molecule is CC(=O)O[C@H]1[C@H](OCc2ccccc2)[C@@H](COCc2ccccc2)OC(OC(=Nc2ccccc2)C(F)(F)F)[C@@H]1OCc1ccccc1. The van der Waals surface area contributed by atoms with Crippen molar-refractivity contribution in [3.63, 3.8) is 0 Å². The number of alkyl halides is 3. The Morgan fingerprint density at radius 2 is 1.15 bits per heavy atom. The lowest BCUT2D eigenvalue weighted by molar-refractivity contribution is -0.309. The molecule has 0 aromatic heterocycles. The average molecular weight is 664 g/mol. The number of rotatable bonds is 13. The van der Waals surface area contributed by atoms with Crippen molar-refractivity contribution in [3.05, 3.63) is 138 Å². The molecule has 8 nitrogen and oxygen atoms in total. The first kappa shape index (κ1) is 34.8. The van der Waals surface area contributed by atoms with E-state index in [0.717, 1.165) is 16.7 Å². The third kappa shape index (κ3) is 10.2. The van der Waals surface area contributed by atoms with Crippen LogP contribution in [-0.2, 0) is 53.0 Å². The normalized spacial score (nSPS) is 21.4. The van der Waals surface area contributed by atoms with Crippen molar-refractivity contribution in [1.82, 2.24) is 0 Å². The lowest BCUT2D eigenvalue weighted by Crippen LogP contribution is -2.62. The van der Waals surface area contributed by atoms with Gasteiger partial charge in [-0.1, -0.05) is 109 Å². The predicted molar refractivity (Wildman–Crippen MR) is 171 cm³/mol. The number of hydrogen-bond donors (Lipinski definition) is 0. The van der Waals surface area contributed by atoms with Gasteiger partial charge in [-0.05, 0) is 28.8 Å². The lowest BCUT2D eigenvalue weighted by atomic mass is 9.98. The molecule has 4 aromatic rings. The summed E-state index contributed by atoms with van der Waals surface area (Å²) >= 11 is 0. The number of nitrogens with zero attached hydrogens (tertiary/aromatic N) is 1. The molecule has 48 heavy (non-hydrogen) atoms. The van der Waals surface area contributed by atoms with Gasteiger partial charge in [0.05, 0.1) is 32.1 Å². The van der Waals surface area contributed by atoms with Crippen LogP contribution < -0.4 is 0 Å². The molecule has 5 rings (SSSR count). The molecule has 0 spiro atoms. The molecule has 1 aliphatic rings. The largest absolute Gasteiger partial charge is 0.468 e. The summed E-state index contributed by atoms with van der Waals surface area (Å²) in [4.78, 5) is 16.3. The van der Waals surface area contributed by atoms with E-state index in [1.54, 1.807) is 42.5 Å². The van der Waals surface area contributed by atoms with Gasteiger partial charge in [0.15, 0.2) is 12.2 Å². The highest BCUT2D eigenvalue weighted by atomic mass is 19.4. The van der Waals surface area contributed by atoms with E-state index in [-0.39, 0.29) is 32.1 Å². The van der Waals surface area contributed by atoms with Crippen LogP contribution in [0.4, 0.5) is 18.9 Å². The molecule has 1 heterocycles. The topological polar surface area (TPSA) is 84.8 Å². The molecular weight excluding hydrogens is 627 g/mol. The monoisotopic (exact) mass is 663 g/mol. The molecule has 0 N–H and O–H groups in total. The Kier molecular flexibility index (Phi) is 12.3. The quantitative estimate of drug-likeness (QED) is 0.0841. The molecule has 4 aromatic carbocycles. The van der Waals surface area contributed by atoms with Crippen molar-refractivity contribution in [2.24, 2.45) is 4.99 Å². The van der Waals surface area contributed by atoms with Crippen molar-refractivity contribution in [2.75, 3.05) is 6.61 Å². The van der Waals surface area contributed by atoms with Crippen LogP contribution in [-0.4, -0.2) is 55.4 Å². The third-order valence-corrected chi connectivity index (χ3v) is 7.31. The van der Waals surface area contributed by atoms with E-state index in [1.807, 2.05) is 66.7 Å². The van der Waals surface area contributed by atoms with Crippen LogP contribution in [0.1, 0.15) is 23.6 Å².